The fraction of sp³-hybridized carbons (Fsp3) is 0.786. The fourth-order valence-electron chi connectivity index (χ4n) is 4.89. The number of rotatable bonds is 3. The van der Waals surface area contributed by atoms with Crippen molar-refractivity contribution >= 4 is 5.78 Å². The Hall–Kier alpha value is -0.590. The Labute approximate surface area is 91.9 Å². The summed E-state index contributed by atoms with van der Waals surface area (Å²) in [5, 5.41) is 0. The van der Waals surface area contributed by atoms with E-state index >= 15 is 0 Å². The minimum absolute atomic E-state index is 0.182. The van der Waals surface area contributed by atoms with E-state index in [4.69, 9.17) is 0 Å². The standard InChI is InChI=1S/C14H20O/c1-9(15)5-4-6-13(2)10-7-11-12(8-10)14(11,13)3/h4-5,10-12H,6-8H2,1-3H3/b5-4+/t10?,11-,12+,13-,14?/m1/s1. The molecule has 0 radical (unpaired) electrons. The van der Waals surface area contributed by atoms with E-state index in [0.717, 1.165) is 24.2 Å². The van der Waals surface area contributed by atoms with Crippen molar-refractivity contribution in [3.8, 4) is 0 Å². The molecule has 15 heavy (non-hydrogen) atoms. The molecule has 0 N–H and O–H groups in total. The van der Waals surface area contributed by atoms with Gasteiger partial charge in [-0.15, -0.1) is 0 Å². The molecule has 0 saturated heterocycles. The van der Waals surface area contributed by atoms with Crippen LogP contribution in [0.25, 0.3) is 0 Å². The Morgan fingerprint density at radius 3 is 2.33 bits per heavy atom. The van der Waals surface area contributed by atoms with Crippen LogP contribution in [0.15, 0.2) is 12.2 Å². The van der Waals surface area contributed by atoms with Crippen molar-refractivity contribution in [1.29, 1.82) is 0 Å². The van der Waals surface area contributed by atoms with E-state index in [-0.39, 0.29) is 5.78 Å². The van der Waals surface area contributed by atoms with Gasteiger partial charge in [-0.2, -0.15) is 0 Å². The lowest BCUT2D eigenvalue weighted by molar-refractivity contribution is -0.112. The van der Waals surface area contributed by atoms with Gasteiger partial charge in [0, 0.05) is 0 Å². The molecule has 0 amide bonds. The summed E-state index contributed by atoms with van der Waals surface area (Å²) in [5.74, 6) is 3.17. The molecule has 0 spiro atoms. The molecule has 4 bridgehead atoms. The van der Waals surface area contributed by atoms with E-state index in [1.54, 1.807) is 13.0 Å². The third kappa shape index (κ3) is 0.926. The lowest BCUT2D eigenvalue weighted by Crippen LogP contribution is -2.26. The first kappa shape index (κ1) is 9.62. The number of allylic oxidation sites excluding steroid dienone is 2. The minimum atomic E-state index is 0.182. The summed E-state index contributed by atoms with van der Waals surface area (Å²) < 4.78 is 0. The van der Waals surface area contributed by atoms with Crippen LogP contribution in [0, 0.1) is 28.6 Å². The zero-order chi connectivity index (χ0) is 10.8. The van der Waals surface area contributed by atoms with E-state index in [1.165, 1.54) is 12.8 Å². The van der Waals surface area contributed by atoms with Gasteiger partial charge in [-0.25, -0.2) is 0 Å². The van der Waals surface area contributed by atoms with Crippen molar-refractivity contribution in [1.82, 2.24) is 0 Å². The van der Waals surface area contributed by atoms with Crippen LogP contribution in [-0.2, 0) is 4.79 Å². The Bertz CT molecular complexity index is 342. The fourth-order valence-corrected chi connectivity index (χ4v) is 4.89. The molecule has 0 aliphatic heterocycles. The normalized spacial score (nSPS) is 55.3. The lowest BCUT2D eigenvalue weighted by Gasteiger charge is -2.33. The van der Waals surface area contributed by atoms with Crippen LogP contribution in [0.5, 0.6) is 0 Å². The summed E-state index contributed by atoms with van der Waals surface area (Å²) in [6.45, 7) is 6.57. The second-order valence-electron chi connectivity index (χ2n) is 6.30. The van der Waals surface area contributed by atoms with Gasteiger partial charge in [-0.05, 0) is 60.8 Å². The Morgan fingerprint density at radius 1 is 1.33 bits per heavy atom. The van der Waals surface area contributed by atoms with Gasteiger partial charge in [0.1, 0.15) is 0 Å². The largest absolute Gasteiger partial charge is 0.295 e. The van der Waals surface area contributed by atoms with Crippen molar-refractivity contribution in [3.05, 3.63) is 12.2 Å². The number of hydrogen-bond acceptors (Lipinski definition) is 1. The number of ketones is 1. The molecule has 1 nitrogen and oxygen atoms in total. The molecule has 4 rings (SSSR count). The molecule has 5 atom stereocenters. The average Bonchev–Trinajstić information content (AvgIpc) is 2.53. The highest BCUT2D eigenvalue weighted by Crippen LogP contribution is 2.86. The highest BCUT2D eigenvalue weighted by atomic mass is 16.1. The van der Waals surface area contributed by atoms with Gasteiger partial charge in [0.25, 0.3) is 0 Å². The van der Waals surface area contributed by atoms with Gasteiger partial charge in [-0.1, -0.05) is 19.9 Å². The Balaban J connectivity index is 1.79. The number of carbonyl (C=O) groups excluding carboxylic acids is 1. The summed E-state index contributed by atoms with van der Waals surface area (Å²) in [7, 11) is 0. The molecule has 0 aromatic heterocycles. The molecule has 4 saturated carbocycles. The maximum absolute atomic E-state index is 10.9. The molecule has 0 heterocycles. The second kappa shape index (κ2) is 2.56. The second-order valence-corrected chi connectivity index (χ2v) is 6.30. The highest BCUT2D eigenvalue weighted by Gasteiger charge is 2.80. The van der Waals surface area contributed by atoms with Crippen LogP contribution >= 0.6 is 0 Å². The van der Waals surface area contributed by atoms with Crippen LogP contribution in [0.2, 0.25) is 0 Å². The number of hydrogen-bond donors (Lipinski definition) is 0. The van der Waals surface area contributed by atoms with E-state index < -0.39 is 0 Å². The maximum atomic E-state index is 10.9. The molecule has 0 aromatic rings. The summed E-state index contributed by atoms with van der Waals surface area (Å²) in [6.07, 6.45) is 7.91. The summed E-state index contributed by atoms with van der Waals surface area (Å²) in [5.41, 5.74) is 1.12. The van der Waals surface area contributed by atoms with Crippen molar-refractivity contribution in [3.63, 3.8) is 0 Å². The molecule has 4 fully saturated rings. The predicted octanol–water partition coefficient (Wildman–Crippen LogP) is 3.20. The van der Waals surface area contributed by atoms with E-state index in [9.17, 15) is 4.79 Å². The van der Waals surface area contributed by atoms with Gasteiger partial charge >= 0.3 is 0 Å². The topological polar surface area (TPSA) is 17.1 Å². The zero-order valence-electron chi connectivity index (χ0n) is 9.92. The average molecular weight is 204 g/mol. The predicted molar refractivity (Wildman–Crippen MR) is 60.4 cm³/mol. The third-order valence-electron chi connectivity index (χ3n) is 6.02. The number of carbonyl (C=O) groups is 1. The van der Waals surface area contributed by atoms with E-state index in [1.807, 2.05) is 0 Å². The monoisotopic (exact) mass is 204 g/mol. The van der Waals surface area contributed by atoms with Crippen molar-refractivity contribution in [2.45, 2.75) is 40.0 Å². The van der Waals surface area contributed by atoms with E-state index in [0.29, 0.717) is 10.8 Å². The Kier molecular flexibility index (Phi) is 1.64. The summed E-state index contributed by atoms with van der Waals surface area (Å²) in [4.78, 5) is 10.9. The van der Waals surface area contributed by atoms with Crippen LogP contribution in [0.3, 0.4) is 0 Å². The minimum Gasteiger partial charge on any atom is -0.295 e. The molecule has 1 heteroatoms. The van der Waals surface area contributed by atoms with Gasteiger partial charge in [0.15, 0.2) is 5.78 Å². The maximum Gasteiger partial charge on any atom is 0.152 e. The van der Waals surface area contributed by atoms with Crippen LogP contribution in [0.1, 0.15) is 40.0 Å². The van der Waals surface area contributed by atoms with Crippen LogP contribution < -0.4 is 0 Å². The smallest absolute Gasteiger partial charge is 0.152 e. The molecule has 4 aliphatic rings. The first-order valence-corrected chi connectivity index (χ1v) is 6.17. The molecule has 4 aliphatic carbocycles. The molecule has 2 unspecified atom stereocenters. The molecule has 82 valence electrons. The SMILES string of the molecule is CC(=O)/C=C/C[C@]1(C)C2C[C@@H]3[C@H](C2)C31C. The molecule has 0 aromatic carbocycles. The summed E-state index contributed by atoms with van der Waals surface area (Å²) in [6, 6.07) is 0. The van der Waals surface area contributed by atoms with Crippen LogP contribution in [-0.4, -0.2) is 5.78 Å². The molecular formula is C14H20O. The zero-order valence-corrected chi connectivity index (χ0v) is 9.92. The van der Waals surface area contributed by atoms with Gasteiger partial charge < -0.3 is 0 Å². The van der Waals surface area contributed by atoms with E-state index in [2.05, 4.69) is 19.9 Å². The first-order chi connectivity index (χ1) is 7.00. The third-order valence-corrected chi connectivity index (χ3v) is 6.02. The van der Waals surface area contributed by atoms with Crippen molar-refractivity contribution in [2.24, 2.45) is 28.6 Å². The molecular weight excluding hydrogens is 184 g/mol. The quantitative estimate of drug-likeness (QED) is 0.645. The van der Waals surface area contributed by atoms with Crippen molar-refractivity contribution in [2.75, 3.05) is 0 Å². The Morgan fingerprint density at radius 2 is 1.93 bits per heavy atom. The lowest BCUT2D eigenvalue weighted by atomic mass is 9.71. The van der Waals surface area contributed by atoms with Gasteiger partial charge in [0.2, 0.25) is 0 Å². The van der Waals surface area contributed by atoms with Crippen LogP contribution in [0.4, 0.5) is 0 Å². The first-order valence-electron chi connectivity index (χ1n) is 6.17. The highest BCUT2D eigenvalue weighted by molar-refractivity contribution is 5.87. The van der Waals surface area contributed by atoms with Gasteiger partial charge in [-0.3, -0.25) is 4.79 Å². The summed E-state index contributed by atoms with van der Waals surface area (Å²) >= 11 is 0. The van der Waals surface area contributed by atoms with Crippen molar-refractivity contribution < 1.29 is 4.79 Å². The van der Waals surface area contributed by atoms with Gasteiger partial charge in [0.05, 0.1) is 0 Å².